The smallest absolute Gasteiger partial charge is 0.383 e. The first-order valence-corrected chi connectivity index (χ1v) is 9.82. The maximum atomic E-state index is 5.88. The predicted molar refractivity (Wildman–Crippen MR) is 89.6 cm³/mol. The van der Waals surface area contributed by atoms with Gasteiger partial charge in [-0.1, -0.05) is 18.2 Å². The van der Waals surface area contributed by atoms with E-state index in [4.69, 9.17) is 13.3 Å². The molecule has 0 fully saturated rings. The Kier molecular flexibility index (Phi) is 8.60. The van der Waals surface area contributed by atoms with Gasteiger partial charge in [-0.15, -0.1) is 0 Å². The van der Waals surface area contributed by atoms with E-state index < -0.39 is 8.80 Å². The van der Waals surface area contributed by atoms with Gasteiger partial charge in [-0.05, 0) is 46.2 Å². The van der Waals surface area contributed by atoms with Crippen molar-refractivity contribution in [2.75, 3.05) is 25.1 Å². The minimum Gasteiger partial charge on any atom is -0.383 e. The van der Waals surface area contributed by atoms with Gasteiger partial charge in [0.15, 0.2) is 0 Å². The SMILES string of the molecule is CCO[Si](CCC(C)Nc1ccccc1)(OCC)OCC. The second-order valence-electron chi connectivity index (χ2n) is 4.93. The van der Waals surface area contributed by atoms with Gasteiger partial charge < -0.3 is 18.6 Å². The summed E-state index contributed by atoms with van der Waals surface area (Å²) < 4.78 is 17.6. The zero-order chi connectivity index (χ0) is 15.6. The summed E-state index contributed by atoms with van der Waals surface area (Å²) in [5.74, 6) is 0. The van der Waals surface area contributed by atoms with E-state index in [2.05, 4.69) is 24.4 Å². The molecule has 1 N–H and O–H groups in total. The van der Waals surface area contributed by atoms with E-state index in [-0.39, 0.29) is 0 Å². The van der Waals surface area contributed by atoms with Crippen LogP contribution in [0.15, 0.2) is 30.3 Å². The molecule has 1 aromatic rings. The molecule has 0 amide bonds. The van der Waals surface area contributed by atoms with Crippen LogP contribution in [0.4, 0.5) is 5.69 Å². The molecule has 0 aliphatic carbocycles. The molecule has 0 aliphatic rings. The molecule has 0 bridgehead atoms. The molecule has 0 saturated heterocycles. The molecule has 1 aromatic carbocycles. The summed E-state index contributed by atoms with van der Waals surface area (Å²) in [7, 11) is -2.52. The molecule has 5 heteroatoms. The van der Waals surface area contributed by atoms with Crippen molar-refractivity contribution in [3.8, 4) is 0 Å². The monoisotopic (exact) mass is 311 g/mol. The van der Waals surface area contributed by atoms with Gasteiger partial charge in [0.2, 0.25) is 0 Å². The predicted octanol–water partition coefficient (Wildman–Crippen LogP) is 3.93. The lowest BCUT2D eigenvalue weighted by molar-refractivity contribution is 0.0705. The molecule has 0 saturated carbocycles. The third-order valence-electron chi connectivity index (χ3n) is 3.16. The van der Waals surface area contributed by atoms with E-state index in [0.29, 0.717) is 25.9 Å². The van der Waals surface area contributed by atoms with E-state index in [9.17, 15) is 0 Å². The van der Waals surface area contributed by atoms with Gasteiger partial charge in [0.05, 0.1) is 0 Å². The number of para-hydroxylation sites is 1. The summed E-state index contributed by atoms with van der Waals surface area (Å²) >= 11 is 0. The van der Waals surface area contributed by atoms with E-state index in [1.165, 1.54) is 0 Å². The minimum absolute atomic E-state index is 0.348. The number of benzene rings is 1. The van der Waals surface area contributed by atoms with E-state index in [1.807, 2.05) is 39.0 Å². The molecule has 0 aliphatic heterocycles. The topological polar surface area (TPSA) is 39.7 Å². The minimum atomic E-state index is -2.52. The van der Waals surface area contributed by atoms with Crippen LogP contribution in [-0.4, -0.2) is 34.7 Å². The molecule has 1 atom stereocenters. The van der Waals surface area contributed by atoms with E-state index in [0.717, 1.165) is 18.2 Å². The Balaban J connectivity index is 2.54. The van der Waals surface area contributed by atoms with Gasteiger partial charge in [0.1, 0.15) is 0 Å². The lowest BCUT2D eigenvalue weighted by atomic mass is 10.2. The molecule has 4 nitrogen and oxygen atoms in total. The largest absolute Gasteiger partial charge is 0.501 e. The van der Waals surface area contributed by atoms with Crippen molar-refractivity contribution < 1.29 is 13.3 Å². The molecular formula is C16H29NO3Si. The Morgan fingerprint density at radius 2 is 1.48 bits per heavy atom. The van der Waals surface area contributed by atoms with Crippen molar-refractivity contribution in [1.82, 2.24) is 0 Å². The van der Waals surface area contributed by atoms with Gasteiger partial charge in [0.25, 0.3) is 0 Å². The van der Waals surface area contributed by atoms with Gasteiger partial charge in [-0.2, -0.15) is 0 Å². The highest BCUT2D eigenvalue weighted by atomic mass is 28.4. The van der Waals surface area contributed by atoms with Crippen LogP contribution in [0.1, 0.15) is 34.1 Å². The Morgan fingerprint density at radius 3 is 1.95 bits per heavy atom. The number of hydrogen-bond donors (Lipinski definition) is 1. The lowest BCUT2D eigenvalue weighted by Crippen LogP contribution is -2.46. The van der Waals surface area contributed by atoms with Crippen LogP contribution in [0.25, 0.3) is 0 Å². The van der Waals surface area contributed by atoms with Crippen LogP contribution >= 0.6 is 0 Å². The van der Waals surface area contributed by atoms with Gasteiger partial charge >= 0.3 is 8.80 Å². The molecule has 21 heavy (non-hydrogen) atoms. The zero-order valence-electron chi connectivity index (χ0n) is 13.7. The highest BCUT2D eigenvalue weighted by molar-refractivity contribution is 6.60. The third-order valence-corrected chi connectivity index (χ3v) is 6.25. The van der Waals surface area contributed by atoms with Crippen molar-refractivity contribution in [3.63, 3.8) is 0 Å². The number of rotatable bonds is 11. The van der Waals surface area contributed by atoms with Crippen LogP contribution in [0.5, 0.6) is 0 Å². The second kappa shape index (κ2) is 9.95. The third kappa shape index (κ3) is 6.61. The number of anilines is 1. The van der Waals surface area contributed by atoms with Crippen molar-refractivity contribution in [3.05, 3.63) is 30.3 Å². The molecule has 0 spiro atoms. The average Bonchev–Trinajstić information content (AvgIpc) is 2.47. The van der Waals surface area contributed by atoms with E-state index in [1.54, 1.807) is 0 Å². The quantitative estimate of drug-likeness (QED) is 0.629. The first-order chi connectivity index (χ1) is 10.2. The fourth-order valence-corrected chi connectivity index (χ4v) is 5.07. The van der Waals surface area contributed by atoms with Crippen molar-refractivity contribution >= 4 is 14.5 Å². The fourth-order valence-electron chi connectivity index (χ4n) is 2.29. The first kappa shape index (κ1) is 18.2. The van der Waals surface area contributed by atoms with Crippen molar-refractivity contribution in [1.29, 1.82) is 0 Å². The lowest BCUT2D eigenvalue weighted by Gasteiger charge is -2.29. The molecule has 0 radical (unpaired) electrons. The van der Waals surface area contributed by atoms with E-state index >= 15 is 0 Å². The molecular weight excluding hydrogens is 282 g/mol. The summed E-state index contributed by atoms with van der Waals surface area (Å²) in [5.41, 5.74) is 1.14. The normalized spacial score (nSPS) is 13.1. The number of hydrogen-bond acceptors (Lipinski definition) is 4. The van der Waals surface area contributed by atoms with Crippen LogP contribution in [-0.2, 0) is 13.3 Å². The Hall–Kier alpha value is -0.883. The molecule has 120 valence electrons. The van der Waals surface area contributed by atoms with Crippen LogP contribution in [0.3, 0.4) is 0 Å². The Morgan fingerprint density at radius 1 is 0.952 bits per heavy atom. The Labute approximate surface area is 130 Å². The molecule has 0 aromatic heterocycles. The van der Waals surface area contributed by atoms with Gasteiger partial charge in [-0.25, -0.2) is 0 Å². The Bertz CT molecular complexity index is 358. The summed E-state index contributed by atoms with van der Waals surface area (Å²) in [5, 5.41) is 3.50. The molecule has 1 rings (SSSR count). The van der Waals surface area contributed by atoms with Crippen LogP contribution in [0.2, 0.25) is 6.04 Å². The van der Waals surface area contributed by atoms with Crippen LogP contribution < -0.4 is 5.32 Å². The summed E-state index contributed by atoms with van der Waals surface area (Å²) in [4.78, 5) is 0. The summed E-state index contributed by atoms with van der Waals surface area (Å²) in [6.07, 6.45) is 0.959. The first-order valence-electron chi connectivity index (χ1n) is 7.89. The highest BCUT2D eigenvalue weighted by Crippen LogP contribution is 2.20. The summed E-state index contributed by atoms with van der Waals surface area (Å²) in [6, 6.07) is 11.4. The van der Waals surface area contributed by atoms with Gasteiger partial charge in [-0.3, -0.25) is 0 Å². The van der Waals surface area contributed by atoms with Gasteiger partial charge in [0, 0.05) is 37.6 Å². The summed E-state index contributed by atoms with van der Waals surface area (Å²) in [6.45, 7) is 10.0. The van der Waals surface area contributed by atoms with Crippen molar-refractivity contribution in [2.24, 2.45) is 0 Å². The molecule has 0 heterocycles. The van der Waals surface area contributed by atoms with Crippen molar-refractivity contribution in [2.45, 2.75) is 46.2 Å². The zero-order valence-corrected chi connectivity index (χ0v) is 14.7. The average molecular weight is 311 g/mol. The second-order valence-corrected chi connectivity index (χ2v) is 7.66. The van der Waals surface area contributed by atoms with Crippen LogP contribution in [0, 0.1) is 0 Å². The maximum Gasteiger partial charge on any atom is 0.501 e. The number of nitrogens with one attached hydrogen (secondary N) is 1. The molecule has 1 unspecified atom stereocenters. The highest BCUT2D eigenvalue weighted by Gasteiger charge is 2.40. The maximum absolute atomic E-state index is 5.88. The fraction of sp³-hybridized carbons (Fsp3) is 0.625. The standard InChI is InChI=1S/C16H29NO3Si/c1-5-18-21(19-6-2,20-7-3)14-13-15(4)17-16-11-9-8-10-12-16/h8-12,15,17H,5-7,13-14H2,1-4H3.